The minimum atomic E-state index is -0.572. The van der Waals surface area contributed by atoms with Crippen molar-refractivity contribution in [3.63, 3.8) is 0 Å². The molecule has 1 aliphatic rings. The van der Waals surface area contributed by atoms with E-state index in [4.69, 9.17) is 14.2 Å². The van der Waals surface area contributed by atoms with Crippen molar-refractivity contribution in [2.75, 3.05) is 13.2 Å². The summed E-state index contributed by atoms with van der Waals surface area (Å²) in [6.45, 7) is 11.5. The Balaban J connectivity index is 2.41. The van der Waals surface area contributed by atoms with E-state index in [-0.39, 0.29) is 18.7 Å². The first-order valence-electron chi connectivity index (χ1n) is 7.04. The molecule has 0 spiro atoms. The molecular formula is C14H26N2O5. The van der Waals surface area contributed by atoms with E-state index in [0.29, 0.717) is 6.61 Å². The van der Waals surface area contributed by atoms with Crippen LogP contribution in [0.2, 0.25) is 0 Å². The molecule has 1 saturated heterocycles. The van der Waals surface area contributed by atoms with Gasteiger partial charge < -0.3 is 24.8 Å². The van der Waals surface area contributed by atoms with Crippen LogP contribution in [-0.4, -0.2) is 48.7 Å². The summed E-state index contributed by atoms with van der Waals surface area (Å²) in [5, 5.41) is 5.31. The van der Waals surface area contributed by atoms with Gasteiger partial charge in [-0.15, -0.1) is 0 Å². The van der Waals surface area contributed by atoms with Crippen molar-refractivity contribution in [1.29, 1.82) is 0 Å². The van der Waals surface area contributed by atoms with Crippen molar-refractivity contribution in [2.45, 2.75) is 64.9 Å². The molecule has 1 fully saturated rings. The van der Waals surface area contributed by atoms with Crippen molar-refractivity contribution in [3.8, 4) is 0 Å². The number of epoxide rings is 1. The number of alkyl carbamates (subject to hydrolysis) is 2. The second-order valence-corrected chi connectivity index (χ2v) is 7.01. The average Bonchev–Trinajstić information content (AvgIpc) is 3.02. The predicted octanol–water partition coefficient (Wildman–Crippen LogP) is 1.80. The van der Waals surface area contributed by atoms with E-state index in [1.54, 1.807) is 41.5 Å². The van der Waals surface area contributed by atoms with Crippen LogP contribution in [0.25, 0.3) is 0 Å². The van der Waals surface area contributed by atoms with E-state index in [1.807, 2.05) is 0 Å². The number of carbonyl (C=O) groups excluding carboxylic acids is 2. The lowest BCUT2D eigenvalue weighted by atomic mass is 10.2. The lowest BCUT2D eigenvalue weighted by molar-refractivity contribution is 0.0454. The first-order valence-corrected chi connectivity index (χ1v) is 7.04. The van der Waals surface area contributed by atoms with Gasteiger partial charge in [-0.25, -0.2) is 9.59 Å². The van der Waals surface area contributed by atoms with Crippen molar-refractivity contribution < 1.29 is 23.8 Å². The van der Waals surface area contributed by atoms with Crippen molar-refractivity contribution in [3.05, 3.63) is 0 Å². The molecular weight excluding hydrogens is 276 g/mol. The molecule has 1 heterocycles. The third-order valence-corrected chi connectivity index (χ3v) is 2.38. The third kappa shape index (κ3) is 8.39. The molecule has 0 aromatic carbocycles. The number of hydrogen-bond donors (Lipinski definition) is 2. The van der Waals surface area contributed by atoms with Gasteiger partial charge in [-0.05, 0) is 41.5 Å². The predicted molar refractivity (Wildman–Crippen MR) is 77.1 cm³/mol. The molecule has 2 N–H and O–H groups in total. The molecule has 0 radical (unpaired) electrons. The zero-order valence-corrected chi connectivity index (χ0v) is 13.6. The van der Waals surface area contributed by atoms with E-state index in [2.05, 4.69) is 10.6 Å². The monoisotopic (exact) mass is 302 g/mol. The summed E-state index contributed by atoms with van der Waals surface area (Å²) in [4.78, 5) is 23.3. The Kier molecular flexibility index (Phi) is 5.44. The lowest BCUT2D eigenvalue weighted by Crippen LogP contribution is -2.49. The second-order valence-electron chi connectivity index (χ2n) is 7.01. The number of hydrogen-bond acceptors (Lipinski definition) is 5. The number of rotatable bonds is 4. The Hall–Kier alpha value is -1.50. The van der Waals surface area contributed by atoms with Gasteiger partial charge in [0.15, 0.2) is 0 Å². The van der Waals surface area contributed by atoms with Crippen LogP contribution in [0.4, 0.5) is 9.59 Å². The smallest absolute Gasteiger partial charge is 0.408 e. The standard InChI is InChI=1S/C14H26N2O5/c1-13(2,3)20-11(17)15-7-9(10-8-19-10)16-12(18)21-14(4,5)6/h9-10H,7-8H2,1-6H3,(H,15,17)(H,16,18)/t9?,10-/m0/s1. The first-order chi connectivity index (χ1) is 9.46. The molecule has 0 aromatic rings. The highest BCUT2D eigenvalue weighted by Crippen LogP contribution is 2.15. The normalized spacial score (nSPS) is 19.4. The lowest BCUT2D eigenvalue weighted by Gasteiger charge is -2.24. The van der Waals surface area contributed by atoms with Gasteiger partial charge in [0.1, 0.15) is 17.3 Å². The van der Waals surface area contributed by atoms with E-state index in [0.717, 1.165) is 0 Å². The summed E-state index contributed by atoms with van der Waals surface area (Å²) in [5.74, 6) is 0. The van der Waals surface area contributed by atoms with Crippen LogP contribution in [-0.2, 0) is 14.2 Å². The minimum absolute atomic E-state index is 0.104. The van der Waals surface area contributed by atoms with E-state index in [9.17, 15) is 9.59 Å². The topological polar surface area (TPSA) is 89.2 Å². The number of nitrogens with one attached hydrogen (secondary N) is 2. The molecule has 1 rings (SSSR count). The van der Waals surface area contributed by atoms with Crippen LogP contribution >= 0.6 is 0 Å². The van der Waals surface area contributed by atoms with Crippen LogP contribution in [0.5, 0.6) is 0 Å². The Morgan fingerprint density at radius 1 is 1.10 bits per heavy atom. The molecule has 21 heavy (non-hydrogen) atoms. The summed E-state index contributed by atoms with van der Waals surface area (Å²) >= 11 is 0. The van der Waals surface area contributed by atoms with Gasteiger partial charge in [0.25, 0.3) is 0 Å². The van der Waals surface area contributed by atoms with Crippen LogP contribution in [0.3, 0.4) is 0 Å². The summed E-state index contributed by atoms with van der Waals surface area (Å²) < 4.78 is 15.5. The Bertz CT molecular complexity index is 380. The zero-order chi connectivity index (χ0) is 16.3. The molecule has 7 heteroatoms. The van der Waals surface area contributed by atoms with E-state index >= 15 is 0 Å². The fraction of sp³-hybridized carbons (Fsp3) is 0.857. The zero-order valence-electron chi connectivity index (χ0n) is 13.6. The van der Waals surface area contributed by atoms with Crippen LogP contribution in [0.15, 0.2) is 0 Å². The quantitative estimate of drug-likeness (QED) is 0.773. The maximum Gasteiger partial charge on any atom is 0.408 e. The summed E-state index contributed by atoms with van der Waals surface area (Å²) in [7, 11) is 0. The molecule has 2 amide bonds. The average molecular weight is 302 g/mol. The maximum absolute atomic E-state index is 11.7. The van der Waals surface area contributed by atoms with Crippen molar-refractivity contribution in [2.24, 2.45) is 0 Å². The van der Waals surface area contributed by atoms with Gasteiger partial charge in [-0.2, -0.15) is 0 Å². The minimum Gasteiger partial charge on any atom is -0.444 e. The molecule has 0 aliphatic carbocycles. The van der Waals surface area contributed by atoms with Gasteiger partial charge in [0, 0.05) is 6.54 Å². The highest BCUT2D eigenvalue weighted by molar-refractivity contribution is 5.69. The van der Waals surface area contributed by atoms with Gasteiger partial charge in [0.2, 0.25) is 0 Å². The summed E-state index contributed by atoms with van der Waals surface area (Å²) in [6.07, 6.45) is -1.17. The SMILES string of the molecule is CC(C)(C)OC(=O)NCC(NC(=O)OC(C)(C)C)[C@@H]1CO1. The molecule has 7 nitrogen and oxygen atoms in total. The molecule has 0 saturated carbocycles. The molecule has 0 aromatic heterocycles. The third-order valence-electron chi connectivity index (χ3n) is 2.38. The summed E-state index contributed by atoms with van der Waals surface area (Å²) in [5.41, 5.74) is -1.13. The van der Waals surface area contributed by atoms with Gasteiger partial charge in [-0.1, -0.05) is 0 Å². The van der Waals surface area contributed by atoms with Crippen molar-refractivity contribution >= 4 is 12.2 Å². The second kappa shape index (κ2) is 6.51. The maximum atomic E-state index is 11.7. The Morgan fingerprint density at radius 3 is 2.00 bits per heavy atom. The van der Waals surface area contributed by atoms with E-state index in [1.165, 1.54) is 0 Å². The largest absolute Gasteiger partial charge is 0.444 e. The highest BCUT2D eigenvalue weighted by Gasteiger charge is 2.35. The fourth-order valence-corrected chi connectivity index (χ4v) is 1.53. The number of carbonyl (C=O) groups is 2. The molecule has 2 atom stereocenters. The Morgan fingerprint density at radius 2 is 1.57 bits per heavy atom. The van der Waals surface area contributed by atoms with Crippen LogP contribution < -0.4 is 10.6 Å². The van der Waals surface area contributed by atoms with Gasteiger partial charge in [0.05, 0.1) is 12.6 Å². The van der Waals surface area contributed by atoms with Gasteiger partial charge in [-0.3, -0.25) is 0 Å². The molecule has 0 bridgehead atoms. The number of amides is 2. The molecule has 1 aliphatic heterocycles. The highest BCUT2D eigenvalue weighted by atomic mass is 16.6. The van der Waals surface area contributed by atoms with Gasteiger partial charge >= 0.3 is 12.2 Å². The fourth-order valence-electron chi connectivity index (χ4n) is 1.53. The van der Waals surface area contributed by atoms with Crippen molar-refractivity contribution in [1.82, 2.24) is 10.6 Å². The number of ether oxygens (including phenoxy) is 3. The molecule has 122 valence electrons. The van der Waals surface area contributed by atoms with E-state index < -0.39 is 23.4 Å². The summed E-state index contributed by atoms with van der Waals surface area (Å²) in [6, 6.07) is -0.340. The van der Waals surface area contributed by atoms with Crippen LogP contribution in [0.1, 0.15) is 41.5 Å². The molecule has 1 unspecified atom stereocenters. The Labute approximate surface area is 125 Å². The first kappa shape index (κ1) is 17.6. The van der Waals surface area contributed by atoms with Crippen LogP contribution in [0, 0.1) is 0 Å².